The summed E-state index contributed by atoms with van der Waals surface area (Å²) >= 11 is 0. The largest absolute Gasteiger partial charge is 0.497 e. The maximum absolute atomic E-state index is 11.7. The molecule has 7 heteroatoms. The van der Waals surface area contributed by atoms with Crippen molar-refractivity contribution in [1.82, 2.24) is 15.5 Å². The van der Waals surface area contributed by atoms with Gasteiger partial charge in [0.25, 0.3) is 0 Å². The maximum atomic E-state index is 11.7. The molecular formula is C24H34N4O3. The number of rotatable bonds is 9. The van der Waals surface area contributed by atoms with Crippen LogP contribution >= 0.6 is 0 Å². The SMILES string of the molecule is CNC(=O)CC1CCN(C(=NCCc2ccco2)NCCc2ccc(OC)cc2)CC1. The molecule has 168 valence electrons. The Kier molecular flexibility index (Phi) is 8.82. The Balaban J connectivity index is 1.54. The molecule has 1 amide bonds. The van der Waals surface area contributed by atoms with Gasteiger partial charge in [0.15, 0.2) is 5.96 Å². The van der Waals surface area contributed by atoms with Crippen molar-refractivity contribution in [3.05, 3.63) is 54.0 Å². The number of carbonyl (C=O) groups excluding carboxylic acids is 1. The first-order valence-corrected chi connectivity index (χ1v) is 11.1. The second-order valence-corrected chi connectivity index (χ2v) is 7.87. The van der Waals surface area contributed by atoms with Crippen LogP contribution in [0.25, 0.3) is 0 Å². The first-order valence-electron chi connectivity index (χ1n) is 11.1. The third-order valence-electron chi connectivity index (χ3n) is 5.72. The normalized spacial score (nSPS) is 15.0. The smallest absolute Gasteiger partial charge is 0.220 e. The molecule has 2 heterocycles. The lowest BCUT2D eigenvalue weighted by atomic mass is 9.93. The van der Waals surface area contributed by atoms with Crippen molar-refractivity contribution in [1.29, 1.82) is 0 Å². The standard InChI is InChI=1S/C24H34N4O3/c1-25-23(29)18-20-11-15-28(16-12-20)24(27-14-10-22-4-3-17-31-22)26-13-9-19-5-7-21(30-2)8-6-19/h3-8,17,20H,9-16,18H2,1-2H3,(H,25,29)(H,26,27). The number of likely N-dealkylation sites (tertiary alicyclic amines) is 1. The zero-order valence-electron chi connectivity index (χ0n) is 18.6. The van der Waals surface area contributed by atoms with Crippen LogP contribution in [0.5, 0.6) is 5.75 Å². The number of amides is 1. The molecule has 0 radical (unpaired) electrons. The fraction of sp³-hybridized carbons (Fsp3) is 0.500. The number of nitrogens with one attached hydrogen (secondary N) is 2. The molecule has 0 bridgehead atoms. The molecule has 0 unspecified atom stereocenters. The topological polar surface area (TPSA) is 79.1 Å². The second kappa shape index (κ2) is 12.0. The average Bonchev–Trinajstić information content (AvgIpc) is 3.32. The third kappa shape index (κ3) is 7.35. The van der Waals surface area contributed by atoms with E-state index in [-0.39, 0.29) is 5.91 Å². The van der Waals surface area contributed by atoms with Gasteiger partial charge in [-0.25, -0.2) is 0 Å². The lowest BCUT2D eigenvalue weighted by Gasteiger charge is -2.34. The van der Waals surface area contributed by atoms with Gasteiger partial charge < -0.3 is 24.7 Å². The van der Waals surface area contributed by atoms with E-state index in [1.807, 2.05) is 24.3 Å². The van der Waals surface area contributed by atoms with E-state index in [2.05, 4.69) is 27.7 Å². The summed E-state index contributed by atoms with van der Waals surface area (Å²) in [4.78, 5) is 18.9. The van der Waals surface area contributed by atoms with E-state index in [0.29, 0.717) is 18.9 Å². The number of furan rings is 1. The van der Waals surface area contributed by atoms with E-state index in [1.54, 1.807) is 20.4 Å². The number of hydrogen-bond acceptors (Lipinski definition) is 4. The number of nitrogens with zero attached hydrogens (tertiary/aromatic N) is 2. The highest BCUT2D eigenvalue weighted by Gasteiger charge is 2.23. The molecule has 0 aliphatic carbocycles. The van der Waals surface area contributed by atoms with Crippen LogP contribution in [-0.2, 0) is 17.6 Å². The molecule has 1 aliphatic rings. The highest BCUT2D eigenvalue weighted by atomic mass is 16.5. The molecule has 1 saturated heterocycles. The first-order chi connectivity index (χ1) is 15.2. The van der Waals surface area contributed by atoms with Crippen molar-refractivity contribution in [2.45, 2.75) is 32.1 Å². The molecule has 2 aromatic rings. The van der Waals surface area contributed by atoms with E-state index in [4.69, 9.17) is 14.1 Å². The van der Waals surface area contributed by atoms with Gasteiger partial charge in [-0.3, -0.25) is 9.79 Å². The summed E-state index contributed by atoms with van der Waals surface area (Å²) in [6.45, 7) is 3.31. The van der Waals surface area contributed by atoms with Gasteiger partial charge in [-0.2, -0.15) is 0 Å². The Morgan fingerprint density at radius 2 is 1.97 bits per heavy atom. The van der Waals surface area contributed by atoms with Crippen molar-refractivity contribution >= 4 is 11.9 Å². The van der Waals surface area contributed by atoms with Gasteiger partial charge in [-0.1, -0.05) is 12.1 Å². The monoisotopic (exact) mass is 426 g/mol. The molecule has 1 aromatic carbocycles. The predicted molar refractivity (Wildman–Crippen MR) is 122 cm³/mol. The Labute approximate surface area is 184 Å². The van der Waals surface area contributed by atoms with E-state index in [1.165, 1.54) is 5.56 Å². The number of benzene rings is 1. The average molecular weight is 427 g/mol. The Morgan fingerprint density at radius 1 is 1.19 bits per heavy atom. The number of guanidine groups is 1. The number of hydrogen-bond donors (Lipinski definition) is 2. The molecule has 7 nitrogen and oxygen atoms in total. The van der Waals surface area contributed by atoms with Crippen LogP contribution < -0.4 is 15.4 Å². The van der Waals surface area contributed by atoms with Crippen molar-refractivity contribution < 1.29 is 13.9 Å². The molecule has 31 heavy (non-hydrogen) atoms. The summed E-state index contributed by atoms with van der Waals surface area (Å²) in [5.41, 5.74) is 1.26. The molecule has 0 atom stereocenters. The van der Waals surface area contributed by atoms with Crippen molar-refractivity contribution in [3.8, 4) is 5.75 Å². The first kappa shape index (κ1) is 22.7. The molecule has 1 fully saturated rings. The second-order valence-electron chi connectivity index (χ2n) is 7.87. The van der Waals surface area contributed by atoms with E-state index in [0.717, 1.165) is 62.8 Å². The van der Waals surface area contributed by atoms with Crippen LogP contribution in [0.3, 0.4) is 0 Å². The van der Waals surface area contributed by atoms with Crippen LogP contribution in [0, 0.1) is 5.92 Å². The molecule has 0 spiro atoms. The zero-order chi connectivity index (χ0) is 21.9. The van der Waals surface area contributed by atoms with E-state index in [9.17, 15) is 4.79 Å². The minimum atomic E-state index is 0.128. The summed E-state index contributed by atoms with van der Waals surface area (Å²) in [7, 11) is 3.38. The summed E-state index contributed by atoms with van der Waals surface area (Å²) in [6.07, 6.45) is 6.01. The Morgan fingerprint density at radius 3 is 2.61 bits per heavy atom. The predicted octanol–water partition coefficient (Wildman–Crippen LogP) is 2.87. The quantitative estimate of drug-likeness (QED) is 0.476. The number of carbonyl (C=O) groups is 1. The van der Waals surface area contributed by atoms with Gasteiger partial charge in [0.2, 0.25) is 5.91 Å². The highest BCUT2D eigenvalue weighted by Crippen LogP contribution is 2.20. The van der Waals surface area contributed by atoms with Crippen molar-refractivity contribution in [2.75, 3.05) is 40.3 Å². The highest BCUT2D eigenvalue weighted by molar-refractivity contribution is 5.80. The summed E-state index contributed by atoms with van der Waals surface area (Å²) in [5, 5.41) is 6.28. The van der Waals surface area contributed by atoms with Crippen molar-refractivity contribution in [2.24, 2.45) is 10.9 Å². The fourth-order valence-electron chi connectivity index (χ4n) is 3.82. The minimum absolute atomic E-state index is 0.128. The molecule has 2 N–H and O–H groups in total. The van der Waals surface area contributed by atoms with Crippen LogP contribution in [0.15, 0.2) is 52.1 Å². The van der Waals surface area contributed by atoms with E-state index >= 15 is 0 Å². The van der Waals surface area contributed by atoms with Crippen LogP contribution in [0.2, 0.25) is 0 Å². The van der Waals surface area contributed by atoms with Gasteiger partial charge in [0.1, 0.15) is 11.5 Å². The Bertz CT molecular complexity index is 810. The van der Waals surface area contributed by atoms with Crippen LogP contribution in [0.1, 0.15) is 30.6 Å². The number of ether oxygens (including phenoxy) is 1. The molecule has 0 saturated carbocycles. The molecule has 1 aliphatic heterocycles. The lowest BCUT2D eigenvalue weighted by molar-refractivity contribution is -0.121. The lowest BCUT2D eigenvalue weighted by Crippen LogP contribution is -2.46. The fourth-order valence-corrected chi connectivity index (χ4v) is 3.82. The molecular weight excluding hydrogens is 392 g/mol. The summed E-state index contributed by atoms with van der Waals surface area (Å²) in [6, 6.07) is 12.1. The van der Waals surface area contributed by atoms with E-state index < -0.39 is 0 Å². The number of methoxy groups -OCH3 is 1. The van der Waals surface area contributed by atoms with Gasteiger partial charge in [0.05, 0.1) is 13.4 Å². The number of piperidine rings is 1. The third-order valence-corrected chi connectivity index (χ3v) is 5.72. The molecule has 3 rings (SSSR count). The Hall–Kier alpha value is -2.96. The van der Waals surface area contributed by atoms with Gasteiger partial charge >= 0.3 is 0 Å². The van der Waals surface area contributed by atoms with Gasteiger partial charge in [-0.15, -0.1) is 0 Å². The zero-order valence-corrected chi connectivity index (χ0v) is 18.6. The maximum Gasteiger partial charge on any atom is 0.220 e. The summed E-state index contributed by atoms with van der Waals surface area (Å²) in [5.74, 6) is 3.34. The molecule has 1 aromatic heterocycles. The van der Waals surface area contributed by atoms with Crippen molar-refractivity contribution in [3.63, 3.8) is 0 Å². The van der Waals surface area contributed by atoms with Gasteiger partial charge in [0, 0.05) is 46.1 Å². The van der Waals surface area contributed by atoms with Crippen LogP contribution in [-0.4, -0.2) is 57.1 Å². The summed E-state index contributed by atoms with van der Waals surface area (Å²) < 4.78 is 10.7. The van der Waals surface area contributed by atoms with Crippen LogP contribution in [0.4, 0.5) is 0 Å². The van der Waals surface area contributed by atoms with Gasteiger partial charge in [-0.05, 0) is 55.0 Å². The number of aliphatic imine (C=N–C) groups is 1. The minimum Gasteiger partial charge on any atom is -0.497 e.